The number of anilines is 1. The molecule has 0 aliphatic heterocycles. The summed E-state index contributed by atoms with van der Waals surface area (Å²) in [7, 11) is -3.91. The van der Waals surface area contributed by atoms with Crippen LogP contribution in [-0.4, -0.2) is 20.2 Å². The number of primary sulfonamides is 1. The van der Waals surface area contributed by atoms with Crippen molar-refractivity contribution in [3.63, 3.8) is 0 Å². The third kappa shape index (κ3) is 8.03. The first kappa shape index (κ1) is 30.1. The van der Waals surface area contributed by atoms with Crippen molar-refractivity contribution in [2.45, 2.75) is 17.9 Å². The van der Waals surface area contributed by atoms with Crippen LogP contribution in [0.15, 0.2) is 115 Å². The molecule has 0 heterocycles. The Kier molecular flexibility index (Phi) is 10.2. The largest absolute Gasteiger partial charge is 0.476 e. The minimum atomic E-state index is -3.91. The number of halogens is 1. The van der Waals surface area contributed by atoms with Crippen LogP contribution in [0.2, 0.25) is 5.02 Å². The second-order valence-corrected chi connectivity index (χ2v) is 10.5. The van der Waals surface area contributed by atoms with Gasteiger partial charge in [0.05, 0.1) is 4.90 Å². The lowest BCUT2D eigenvalue weighted by atomic mass is 10.0. The van der Waals surface area contributed by atoms with Gasteiger partial charge in [-0.15, -0.1) is 6.58 Å². The summed E-state index contributed by atoms with van der Waals surface area (Å²) in [6, 6.07) is 26.4. The number of rotatable bonds is 8. The van der Waals surface area contributed by atoms with Crippen molar-refractivity contribution in [1.82, 2.24) is 0 Å². The van der Waals surface area contributed by atoms with E-state index in [9.17, 15) is 13.2 Å². The van der Waals surface area contributed by atoms with Crippen LogP contribution < -0.4 is 20.9 Å². The van der Waals surface area contributed by atoms with Crippen molar-refractivity contribution < 1.29 is 17.9 Å². The van der Waals surface area contributed by atoms with Gasteiger partial charge in [-0.2, -0.15) is 0 Å². The summed E-state index contributed by atoms with van der Waals surface area (Å²) in [5.74, 6) is -0.215. The zero-order valence-corrected chi connectivity index (χ0v) is 23.2. The van der Waals surface area contributed by atoms with E-state index in [1.807, 2.05) is 6.92 Å². The highest BCUT2D eigenvalue weighted by molar-refractivity contribution is 7.89. The molecule has 1 amide bonds. The van der Waals surface area contributed by atoms with E-state index in [1.54, 1.807) is 97.1 Å². The minimum absolute atomic E-state index is 0.00998. The molecule has 0 bridgehead atoms. The van der Waals surface area contributed by atoms with Gasteiger partial charge in [-0.25, -0.2) is 13.6 Å². The van der Waals surface area contributed by atoms with Gasteiger partial charge in [-0.3, -0.25) is 10.2 Å². The van der Waals surface area contributed by atoms with Gasteiger partial charge in [0.1, 0.15) is 11.6 Å². The zero-order chi connectivity index (χ0) is 29.3. The van der Waals surface area contributed by atoms with Crippen LogP contribution in [-0.2, 0) is 14.8 Å². The lowest BCUT2D eigenvalue weighted by molar-refractivity contribution is -0.123. The number of nitrogens with two attached hydrogens (primary N) is 2. The molecule has 206 valence electrons. The Labute approximate surface area is 238 Å². The molecule has 0 spiro atoms. The summed E-state index contributed by atoms with van der Waals surface area (Å²) in [4.78, 5) is 13.3. The van der Waals surface area contributed by atoms with E-state index < -0.39 is 22.0 Å². The Morgan fingerprint density at radius 1 is 1.00 bits per heavy atom. The molecule has 1 atom stereocenters. The van der Waals surface area contributed by atoms with Crippen LogP contribution in [0.3, 0.4) is 0 Å². The zero-order valence-electron chi connectivity index (χ0n) is 21.7. The van der Waals surface area contributed by atoms with Gasteiger partial charge in [0.25, 0.3) is 5.91 Å². The van der Waals surface area contributed by atoms with Crippen molar-refractivity contribution in [3.8, 4) is 16.9 Å². The third-order valence-corrected chi connectivity index (χ3v) is 6.69. The van der Waals surface area contributed by atoms with E-state index >= 15 is 0 Å². The van der Waals surface area contributed by atoms with Crippen LogP contribution in [0, 0.1) is 5.41 Å². The summed E-state index contributed by atoms with van der Waals surface area (Å²) in [6.07, 6.45) is 0.710. The molecule has 10 heteroatoms. The first-order valence-electron chi connectivity index (χ1n) is 12.0. The van der Waals surface area contributed by atoms with Gasteiger partial charge in [0.2, 0.25) is 16.1 Å². The molecular weight excluding hydrogens is 548 g/mol. The lowest BCUT2D eigenvalue weighted by Gasteiger charge is -2.20. The molecule has 6 N–H and O–H groups in total. The number of amides is 1. The predicted octanol–water partition coefficient (Wildman–Crippen LogP) is 5.89. The van der Waals surface area contributed by atoms with E-state index in [1.165, 1.54) is 6.07 Å². The third-order valence-electron chi connectivity index (χ3n) is 5.47. The van der Waals surface area contributed by atoms with Crippen molar-refractivity contribution in [3.05, 3.63) is 126 Å². The Morgan fingerprint density at radius 2 is 1.62 bits per heavy atom. The number of amidine groups is 1. The van der Waals surface area contributed by atoms with Gasteiger partial charge in [-0.05, 0) is 55.0 Å². The number of sulfonamides is 1. The fraction of sp³-hybridized carbons (Fsp3) is 0.0667. The monoisotopic (exact) mass is 576 g/mol. The molecule has 0 aliphatic rings. The van der Waals surface area contributed by atoms with Crippen LogP contribution in [0.1, 0.15) is 24.2 Å². The molecule has 0 saturated heterocycles. The normalized spacial score (nSPS) is 11.4. The Morgan fingerprint density at radius 3 is 2.23 bits per heavy atom. The number of allylic oxidation sites excluding steroid dienone is 1. The summed E-state index contributed by atoms with van der Waals surface area (Å²) in [6.45, 7) is 5.25. The van der Waals surface area contributed by atoms with Gasteiger partial charge in [0.15, 0.2) is 0 Å². The van der Waals surface area contributed by atoms with E-state index in [0.29, 0.717) is 38.7 Å². The first-order valence-corrected chi connectivity index (χ1v) is 13.9. The second-order valence-electron chi connectivity index (χ2n) is 8.51. The highest BCUT2D eigenvalue weighted by Gasteiger charge is 2.24. The minimum Gasteiger partial charge on any atom is -0.476 e. The summed E-state index contributed by atoms with van der Waals surface area (Å²) in [5, 5.41) is 16.3. The van der Waals surface area contributed by atoms with Gasteiger partial charge in [-0.1, -0.05) is 72.3 Å². The fourth-order valence-electron chi connectivity index (χ4n) is 3.68. The molecular formula is C30H29ClN4O4S. The Hall–Kier alpha value is -4.44. The highest BCUT2D eigenvalue weighted by Crippen LogP contribution is 2.29. The Balaban J connectivity index is 0.00000141. The van der Waals surface area contributed by atoms with E-state index in [-0.39, 0.29) is 10.7 Å². The molecule has 4 aromatic carbocycles. The molecule has 4 rings (SSSR count). The maximum absolute atomic E-state index is 13.3. The lowest BCUT2D eigenvalue weighted by Crippen LogP contribution is -2.25. The maximum atomic E-state index is 13.3. The molecule has 0 saturated carbocycles. The molecule has 8 nitrogen and oxygen atoms in total. The summed E-state index contributed by atoms with van der Waals surface area (Å²) in [5.41, 5.74) is 8.16. The van der Waals surface area contributed by atoms with Crippen LogP contribution in [0.4, 0.5) is 5.69 Å². The van der Waals surface area contributed by atoms with Crippen molar-refractivity contribution >= 4 is 39.1 Å². The van der Waals surface area contributed by atoms with Crippen LogP contribution >= 0.6 is 11.6 Å². The number of hydrogen-bond donors (Lipinski definition) is 4. The molecule has 0 aromatic heterocycles. The van der Waals surface area contributed by atoms with Crippen molar-refractivity contribution in [2.24, 2.45) is 10.9 Å². The molecule has 0 aliphatic carbocycles. The summed E-state index contributed by atoms with van der Waals surface area (Å²) >= 11 is 6.02. The van der Waals surface area contributed by atoms with Gasteiger partial charge < -0.3 is 15.8 Å². The van der Waals surface area contributed by atoms with Crippen LogP contribution in [0.25, 0.3) is 11.1 Å². The first-order chi connectivity index (χ1) is 19.0. The average Bonchev–Trinajstić information content (AvgIpc) is 2.93. The number of carbonyl (C=O) groups excluding carboxylic acids is 1. The standard InChI is InChI=1S/C27H23ClN4O4S.C3H6/c28-20-12-8-18(9-13-20)25(36-22-5-3-4-19(16-22)26(29)30)27(33)32-21-14-10-17(11-15-21)23-6-1-2-7-24(23)37(31,34)35;1-3-2/h1-16,25H,(H3,29,30)(H,32,33)(H2,31,34,35);3H,1H2,2H3. The fourth-order valence-corrected chi connectivity index (χ4v) is 4.56. The Bertz CT molecular complexity index is 1610. The maximum Gasteiger partial charge on any atom is 0.270 e. The van der Waals surface area contributed by atoms with Crippen molar-refractivity contribution in [2.75, 3.05) is 5.32 Å². The number of hydrogen-bond acceptors (Lipinski definition) is 5. The highest BCUT2D eigenvalue weighted by atomic mass is 35.5. The van der Waals surface area contributed by atoms with Crippen molar-refractivity contribution in [1.29, 1.82) is 5.41 Å². The smallest absolute Gasteiger partial charge is 0.270 e. The quantitative estimate of drug-likeness (QED) is 0.117. The second kappa shape index (κ2) is 13.6. The van der Waals surface area contributed by atoms with E-state index in [4.69, 9.17) is 32.6 Å². The number of nitrogen functional groups attached to an aromatic ring is 1. The topological polar surface area (TPSA) is 148 Å². The molecule has 1 unspecified atom stereocenters. The molecule has 40 heavy (non-hydrogen) atoms. The summed E-state index contributed by atoms with van der Waals surface area (Å²) < 4.78 is 29.9. The average molecular weight is 577 g/mol. The number of ether oxygens (including phenoxy) is 1. The predicted molar refractivity (Wildman–Crippen MR) is 160 cm³/mol. The van der Waals surface area contributed by atoms with Crippen LogP contribution in [0.5, 0.6) is 5.75 Å². The van der Waals surface area contributed by atoms with Gasteiger partial charge in [0, 0.05) is 27.4 Å². The van der Waals surface area contributed by atoms with Gasteiger partial charge >= 0.3 is 0 Å². The number of nitrogens with one attached hydrogen (secondary N) is 2. The molecule has 0 fully saturated rings. The molecule has 0 radical (unpaired) electrons. The van der Waals surface area contributed by atoms with E-state index in [0.717, 1.165) is 0 Å². The SMILES string of the molecule is C=CC.N=C(N)c1cccc(OC(C(=O)Nc2ccc(-c3ccccc3S(N)(=O)=O)cc2)c2ccc(Cl)cc2)c1. The number of benzene rings is 4. The van der Waals surface area contributed by atoms with E-state index in [2.05, 4.69) is 11.9 Å². The number of carbonyl (C=O) groups is 1. The molecule has 4 aromatic rings.